The minimum absolute atomic E-state index is 0.0154. The predicted molar refractivity (Wildman–Crippen MR) is 91.0 cm³/mol. The van der Waals surface area contributed by atoms with E-state index in [-0.39, 0.29) is 5.75 Å². The molecule has 1 saturated heterocycles. The third-order valence-corrected chi connectivity index (χ3v) is 6.44. The third-order valence-electron chi connectivity index (χ3n) is 4.41. The van der Waals surface area contributed by atoms with Crippen LogP contribution in [-0.2, 0) is 26.2 Å². The van der Waals surface area contributed by atoms with Crippen molar-refractivity contribution < 1.29 is 23.1 Å². The van der Waals surface area contributed by atoms with Gasteiger partial charge in [-0.3, -0.25) is 4.79 Å². The van der Waals surface area contributed by atoms with Crippen LogP contribution in [0.2, 0.25) is 0 Å². The fourth-order valence-corrected chi connectivity index (χ4v) is 4.84. The molecule has 0 amide bonds. The Hall–Kier alpha value is -1.44. The molecule has 0 bridgehead atoms. The van der Waals surface area contributed by atoms with E-state index in [2.05, 4.69) is 0 Å². The molecule has 0 saturated carbocycles. The first-order chi connectivity index (χ1) is 11.4. The Labute approximate surface area is 143 Å². The molecule has 0 aromatic heterocycles. The standard InChI is InChI=1S/C17H25NO5S/c1-14-16(17(19)20)9-5-10-18(14)24(21,22)12-6-11-23-13-15-7-3-2-4-8-15/h2-4,7-8,14,16H,5-6,9-13H2,1H3,(H,19,20)/t14-,16-/m1/s1. The van der Waals surface area contributed by atoms with E-state index >= 15 is 0 Å². The molecule has 2 rings (SSSR count). The number of aliphatic carboxylic acids is 1. The SMILES string of the molecule is C[C@@H]1[C@H](C(=O)O)CCCN1S(=O)(=O)CCCOCc1ccccc1. The average molecular weight is 355 g/mol. The topological polar surface area (TPSA) is 83.9 Å². The summed E-state index contributed by atoms with van der Waals surface area (Å²) < 4.78 is 31.8. The van der Waals surface area contributed by atoms with Crippen molar-refractivity contribution in [2.75, 3.05) is 18.9 Å². The van der Waals surface area contributed by atoms with Gasteiger partial charge in [-0.05, 0) is 31.7 Å². The normalized spacial score (nSPS) is 22.4. The van der Waals surface area contributed by atoms with Gasteiger partial charge in [-0.2, -0.15) is 4.31 Å². The van der Waals surface area contributed by atoms with Crippen LogP contribution >= 0.6 is 0 Å². The van der Waals surface area contributed by atoms with Gasteiger partial charge in [0.2, 0.25) is 10.0 Å². The molecule has 0 aliphatic carbocycles. The van der Waals surface area contributed by atoms with Gasteiger partial charge in [-0.15, -0.1) is 0 Å². The molecule has 0 unspecified atom stereocenters. The van der Waals surface area contributed by atoms with Gasteiger partial charge >= 0.3 is 5.97 Å². The lowest BCUT2D eigenvalue weighted by Crippen LogP contribution is -2.49. The lowest BCUT2D eigenvalue weighted by Gasteiger charge is -2.36. The molecule has 0 radical (unpaired) electrons. The predicted octanol–water partition coefficient (Wildman–Crippen LogP) is 2.11. The highest BCUT2D eigenvalue weighted by atomic mass is 32.2. The summed E-state index contributed by atoms with van der Waals surface area (Å²) in [7, 11) is -3.45. The number of carbonyl (C=O) groups is 1. The maximum absolute atomic E-state index is 12.5. The van der Waals surface area contributed by atoms with Crippen molar-refractivity contribution >= 4 is 16.0 Å². The minimum atomic E-state index is -3.45. The highest BCUT2D eigenvalue weighted by Gasteiger charge is 2.38. The van der Waals surface area contributed by atoms with Gasteiger partial charge in [-0.25, -0.2) is 8.42 Å². The number of ether oxygens (including phenoxy) is 1. The number of carboxylic acid groups (broad SMARTS) is 1. The summed E-state index contributed by atoms with van der Waals surface area (Å²) in [4.78, 5) is 11.2. The van der Waals surface area contributed by atoms with E-state index < -0.39 is 28.0 Å². The van der Waals surface area contributed by atoms with Crippen molar-refractivity contribution in [3.05, 3.63) is 35.9 Å². The molecule has 6 nitrogen and oxygen atoms in total. The molecular formula is C17H25NO5S. The largest absolute Gasteiger partial charge is 0.481 e. The number of hydrogen-bond donors (Lipinski definition) is 1. The highest BCUT2D eigenvalue weighted by Crippen LogP contribution is 2.26. The van der Waals surface area contributed by atoms with Gasteiger partial charge in [0.05, 0.1) is 18.3 Å². The molecule has 0 spiro atoms. The number of sulfonamides is 1. The van der Waals surface area contributed by atoms with Crippen LogP contribution in [0.15, 0.2) is 30.3 Å². The molecular weight excluding hydrogens is 330 g/mol. The molecule has 2 atom stereocenters. The van der Waals surface area contributed by atoms with Gasteiger partial charge < -0.3 is 9.84 Å². The number of nitrogens with zero attached hydrogens (tertiary/aromatic N) is 1. The maximum Gasteiger partial charge on any atom is 0.308 e. The summed E-state index contributed by atoms with van der Waals surface area (Å²) in [5.74, 6) is -1.56. The van der Waals surface area contributed by atoms with Crippen LogP contribution in [0.4, 0.5) is 0 Å². The Morgan fingerprint density at radius 1 is 1.33 bits per heavy atom. The second kappa shape index (κ2) is 8.60. The van der Waals surface area contributed by atoms with Crippen molar-refractivity contribution in [3.63, 3.8) is 0 Å². The summed E-state index contributed by atoms with van der Waals surface area (Å²) in [6.07, 6.45) is 1.52. The summed E-state index contributed by atoms with van der Waals surface area (Å²) in [6.45, 7) is 2.90. The Kier molecular flexibility index (Phi) is 6.77. The third kappa shape index (κ3) is 5.03. The summed E-state index contributed by atoms with van der Waals surface area (Å²) in [6, 6.07) is 9.21. The van der Waals surface area contributed by atoms with E-state index in [4.69, 9.17) is 4.74 Å². The number of piperidine rings is 1. The van der Waals surface area contributed by atoms with Crippen LogP contribution in [0, 0.1) is 5.92 Å². The summed E-state index contributed by atoms with van der Waals surface area (Å²) in [5.41, 5.74) is 1.05. The van der Waals surface area contributed by atoms with Gasteiger partial charge in [0.25, 0.3) is 0 Å². The molecule has 1 fully saturated rings. The molecule has 1 aromatic rings. The average Bonchev–Trinajstić information content (AvgIpc) is 2.55. The first-order valence-electron chi connectivity index (χ1n) is 8.26. The fourth-order valence-electron chi connectivity index (χ4n) is 3.06. The van der Waals surface area contributed by atoms with Gasteiger partial charge in [0, 0.05) is 19.2 Å². The van der Waals surface area contributed by atoms with Crippen LogP contribution in [-0.4, -0.2) is 48.7 Å². The molecule has 1 aliphatic rings. The van der Waals surface area contributed by atoms with Crippen molar-refractivity contribution in [2.45, 2.75) is 38.8 Å². The quantitative estimate of drug-likeness (QED) is 0.722. The van der Waals surface area contributed by atoms with E-state index in [0.717, 1.165) is 5.56 Å². The lowest BCUT2D eigenvalue weighted by atomic mass is 9.92. The zero-order valence-electron chi connectivity index (χ0n) is 13.9. The second-order valence-corrected chi connectivity index (χ2v) is 8.19. The van der Waals surface area contributed by atoms with Crippen LogP contribution in [0.5, 0.6) is 0 Å². The van der Waals surface area contributed by atoms with E-state index in [1.807, 2.05) is 30.3 Å². The monoisotopic (exact) mass is 355 g/mol. The molecule has 24 heavy (non-hydrogen) atoms. The Morgan fingerprint density at radius 3 is 2.71 bits per heavy atom. The van der Waals surface area contributed by atoms with Crippen molar-refractivity contribution in [3.8, 4) is 0 Å². The van der Waals surface area contributed by atoms with Crippen LogP contribution in [0.1, 0.15) is 31.7 Å². The van der Waals surface area contributed by atoms with Crippen LogP contribution < -0.4 is 0 Å². The zero-order valence-corrected chi connectivity index (χ0v) is 14.7. The molecule has 1 heterocycles. The molecule has 7 heteroatoms. The lowest BCUT2D eigenvalue weighted by molar-refractivity contribution is -0.144. The van der Waals surface area contributed by atoms with Crippen molar-refractivity contribution in [1.29, 1.82) is 0 Å². The van der Waals surface area contributed by atoms with E-state index in [9.17, 15) is 18.3 Å². The Balaban J connectivity index is 1.79. The maximum atomic E-state index is 12.5. The van der Waals surface area contributed by atoms with Crippen LogP contribution in [0.25, 0.3) is 0 Å². The van der Waals surface area contributed by atoms with Crippen molar-refractivity contribution in [1.82, 2.24) is 4.31 Å². The number of rotatable bonds is 8. The van der Waals surface area contributed by atoms with Gasteiger partial charge in [-0.1, -0.05) is 30.3 Å². The second-order valence-electron chi connectivity index (χ2n) is 6.15. The molecule has 1 aromatic carbocycles. The van der Waals surface area contributed by atoms with E-state index in [0.29, 0.717) is 39.0 Å². The smallest absolute Gasteiger partial charge is 0.308 e. The summed E-state index contributed by atoms with van der Waals surface area (Å²) >= 11 is 0. The van der Waals surface area contributed by atoms with E-state index in [1.54, 1.807) is 6.92 Å². The fraction of sp³-hybridized carbons (Fsp3) is 0.588. The molecule has 1 aliphatic heterocycles. The minimum Gasteiger partial charge on any atom is -0.481 e. The molecule has 1 N–H and O–H groups in total. The van der Waals surface area contributed by atoms with E-state index in [1.165, 1.54) is 4.31 Å². The first kappa shape index (κ1) is 18.9. The summed E-state index contributed by atoms with van der Waals surface area (Å²) in [5, 5.41) is 9.20. The van der Waals surface area contributed by atoms with Crippen LogP contribution in [0.3, 0.4) is 0 Å². The zero-order chi connectivity index (χ0) is 17.6. The first-order valence-corrected chi connectivity index (χ1v) is 9.87. The molecule has 134 valence electrons. The highest BCUT2D eigenvalue weighted by molar-refractivity contribution is 7.89. The van der Waals surface area contributed by atoms with Gasteiger partial charge in [0.1, 0.15) is 0 Å². The Morgan fingerprint density at radius 2 is 2.04 bits per heavy atom. The number of benzene rings is 1. The number of carboxylic acids is 1. The number of hydrogen-bond acceptors (Lipinski definition) is 4. The van der Waals surface area contributed by atoms with Gasteiger partial charge in [0.15, 0.2) is 0 Å². The Bertz CT molecular complexity index is 632. The van der Waals surface area contributed by atoms with Crippen molar-refractivity contribution in [2.24, 2.45) is 5.92 Å².